The number of hydrogen-bond donors (Lipinski definition) is 12. The van der Waals surface area contributed by atoms with Gasteiger partial charge in [0.25, 0.3) is 0 Å². The molecule has 5 heterocycles. The van der Waals surface area contributed by atoms with Crippen LogP contribution in [0.2, 0.25) is 0 Å². The van der Waals surface area contributed by atoms with Crippen LogP contribution in [0.25, 0.3) is 0 Å². The molecule has 0 bridgehead atoms. The van der Waals surface area contributed by atoms with E-state index in [1.807, 2.05) is 0 Å². The van der Waals surface area contributed by atoms with Crippen LogP contribution in [-0.4, -0.2) is 222 Å². The van der Waals surface area contributed by atoms with Crippen molar-refractivity contribution in [2.75, 3.05) is 6.61 Å². The lowest BCUT2D eigenvalue weighted by Crippen LogP contribution is -2.69. The van der Waals surface area contributed by atoms with Crippen LogP contribution in [0.1, 0.15) is 40.2 Å². The van der Waals surface area contributed by atoms with Gasteiger partial charge >= 0.3 is 0 Å². The molecule has 1 aromatic carbocycles. The molecule has 0 unspecified atom stereocenters. The van der Waals surface area contributed by atoms with Crippen molar-refractivity contribution < 1.29 is 108 Å². The van der Waals surface area contributed by atoms with Gasteiger partial charge in [0.05, 0.1) is 37.6 Å². The first kappa shape index (κ1) is 49.3. The van der Waals surface area contributed by atoms with Crippen LogP contribution in [0.5, 0.6) is 0 Å². The van der Waals surface area contributed by atoms with E-state index in [1.165, 1.54) is 27.7 Å². The fourth-order valence-corrected chi connectivity index (χ4v) is 8.03. The summed E-state index contributed by atoms with van der Waals surface area (Å²) in [5.74, 6) is -0.647. The van der Waals surface area contributed by atoms with Crippen molar-refractivity contribution in [2.45, 2.75) is 195 Å². The maximum absolute atomic E-state index is 12.3. The minimum absolute atomic E-state index is 0.0755. The molecule has 23 heteroatoms. The Morgan fingerprint density at radius 3 is 1.63 bits per heavy atom. The maximum atomic E-state index is 12.3. The van der Waals surface area contributed by atoms with Gasteiger partial charge in [-0.15, -0.1) is 0 Å². The molecule has 62 heavy (non-hydrogen) atoms. The van der Waals surface area contributed by atoms with Crippen molar-refractivity contribution in [2.24, 2.45) is 0 Å². The number of nitrogens with one attached hydrogen (secondary N) is 1. The van der Waals surface area contributed by atoms with E-state index >= 15 is 0 Å². The summed E-state index contributed by atoms with van der Waals surface area (Å²) in [6.45, 7) is 6.02. The predicted molar refractivity (Wildman–Crippen MR) is 201 cm³/mol. The minimum atomic E-state index is -1.92. The van der Waals surface area contributed by atoms with Gasteiger partial charge in [-0.1, -0.05) is 30.3 Å². The number of amides is 1. The van der Waals surface area contributed by atoms with Gasteiger partial charge in [0.15, 0.2) is 31.5 Å². The standard InChI is InChI=1S/C39H61NO22/c1-13-21(43)27(49)29(51)36(54-13)59-31-23(45)15(3)55-37(30(31)52)61-33-28(50)22(44)14(2)57-39(33)62-34-32(24(46)16(4)56-38(34)53-12-18-9-7-6-8-10-18)60-35-20(40-17(5)42)26(48)25(47)19(11-41)58-35/h6-10,13-16,19-39,41,43-52H,11-12H2,1-5H3,(H,40,42)/t13-,14-,15-,16-,19+,20+,21-,22-,23-,24-,25+,26+,27+,28+,29+,30+,31+,32+,33+,34+,35-,36-,37-,38+,39-/m0/s1. The first-order valence-electron chi connectivity index (χ1n) is 20.6. The van der Waals surface area contributed by atoms with E-state index in [2.05, 4.69) is 5.32 Å². The Labute approximate surface area is 356 Å². The lowest BCUT2D eigenvalue weighted by molar-refractivity contribution is -0.404. The second-order valence-electron chi connectivity index (χ2n) is 16.4. The van der Waals surface area contributed by atoms with E-state index in [0.717, 1.165) is 6.92 Å². The van der Waals surface area contributed by atoms with E-state index < -0.39 is 166 Å². The molecule has 12 N–H and O–H groups in total. The Morgan fingerprint density at radius 2 is 1.02 bits per heavy atom. The van der Waals surface area contributed by atoms with Crippen molar-refractivity contribution >= 4 is 5.91 Å². The summed E-state index contributed by atoms with van der Waals surface area (Å²) in [4.78, 5) is 12.3. The molecule has 354 valence electrons. The number of carbonyl (C=O) groups is 1. The summed E-state index contributed by atoms with van der Waals surface area (Å²) in [5.41, 5.74) is 0.695. The number of rotatable bonds is 13. The zero-order valence-corrected chi connectivity index (χ0v) is 34.6. The first-order chi connectivity index (χ1) is 29.3. The molecule has 0 spiro atoms. The smallest absolute Gasteiger partial charge is 0.217 e. The molecule has 0 aromatic heterocycles. The zero-order chi connectivity index (χ0) is 45.3. The molecule has 1 aromatic rings. The lowest BCUT2D eigenvalue weighted by Gasteiger charge is -2.50. The van der Waals surface area contributed by atoms with E-state index in [1.54, 1.807) is 30.3 Å². The van der Waals surface area contributed by atoms with Gasteiger partial charge in [0.1, 0.15) is 97.6 Å². The van der Waals surface area contributed by atoms with Crippen LogP contribution in [0.15, 0.2) is 30.3 Å². The largest absolute Gasteiger partial charge is 0.394 e. The Balaban J connectivity index is 1.30. The molecule has 5 saturated heterocycles. The second-order valence-corrected chi connectivity index (χ2v) is 16.4. The predicted octanol–water partition coefficient (Wildman–Crippen LogP) is -5.45. The van der Waals surface area contributed by atoms with Crippen LogP contribution in [-0.2, 0) is 58.8 Å². The van der Waals surface area contributed by atoms with E-state index in [-0.39, 0.29) is 6.61 Å². The summed E-state index contributed by atoms with van der Waals surface area (Å²) in [6.07, 6.45) is -37.6. The Bertz CT molecular complexity index is 1570. The molecule has 0 aliphatic carbocycles. The summed E-state index contributed by atoms with van der Waals surface area (Å²) in [5, 5.41) is 122. The van der Waals surface area contributed by atoms with Crippen LogP contribution < -0.4 is 5.32 Å². The molecule has 5 fully saturated rings. The highest BCUT2D eigenvalue weighted by Gasteiger charge is 2.56. The number of aliphatic hydroxyl groups is 11. The molecular weight excluding hydrogens is 834 g/mol. The van der Waals surface area contributed by atoms with Crippen LogP contribution in [0.3, 0.4) is 0 Å². The topological polar surface area (TPSA) is 344 Å². The van der Waals surface area contributed by atoms with Gasteiger partial charge in [0, 0.05) is 6.92 Å². The molecule has 23 nitrogen and oxygen atoms in total. The molecular formula is C39H61NO22. The Kier molecular flexibility index (Phi) is 16.7. The zero-order valence-electron chi connectivity index (χ0n) is 34.6. The maximum Gasteiger partial charge on any atom is 0.217 e. The van der Waals surface area contributed by atoms with Crippen molar-refractivity contribution in [3.05, 3.63) is 35.9 Å². The summed E-state index contributed by atoms with van der Waals surface area (Å²) in [7, 11) is 0. The average molecular weight is 896 g/mol. The van der Waals surface area contributed by atoms with Crippen LogP contribution >= 0.6 is 0 Å². The third-order valence-corrected chi connectivity index (χ3v) is 11.8. The normalized spacial score (nSPS) is 49.0. The monoisotopic (exact) mass is 895 g/mol. The summed E-state index contributed by atoms with van der Waals surface area (Å²) in [6, 6.07) is 7.43. The highest BCUT2D eigenvalue weighted by Crippen LogP contribution is 2.37. The average Bonchev–Trinajstić information content (AvgIpc) is 3.24. The molecule has 5 aliphatic heterocycles. The fourth-order valence-electron chi connectivity index (χ4n) is 8.03. The highest BCUT2D eigenvalue weighted by atomic mass is 16.8. The quantitative estimate of drug-likeness (QED) is 0.0879. The van der Waals surface area contributed by atoms with E-state index in [4.69, 9.17) is 47.4 Å². The van der Waals surface area contributed by atoms with Crippen molar-refractivity contribution in [3.8, 4) is 0 Å². The highest BCUT2D eigenvalue weighted by molar-refractivity contribution is 5.73. The number of benzene rings is 1. The molecule has 0 radical (unpaired) electrons. The van der Waals surface area contributed by atoms with Crippen LogP contribution in [0.4, 0.5) is 0 Å². The first-order valence-corrected chi connectivity index (χ1v) is 20.6. The summed E-state index contributed by atoms with van der Waals surface area (Å²) < 4.78 is 60.0. The third kappa shape index (κ3) is 10.6. The van der Waals surface area contributed by atoms with Crippen molar-refractivity contribution in [1.82, 2.24) is 5.32 Å². The van der Waals surface area contributed by atoms with Crippen LogP contribution in [0, 0.1) is 0 Å². The number of carbonyl (C=O) groups excluding carboxylic acids is 1. The molecule has 1 amide bonds. The van der Waals surface area contributed by atoms with Crippen molar-refractivity contribution in [3.63, 3.8) is 0 Å². The summed E-state index contributed by atoms with van der Waals surface area (Å²) >= 11 is 0. The van der Waals surface area contributed by atoms with Gasteiger partial charge in [-0.3, -0.25) is 4.79 Å². The number of hydrogen-bond acceptors (Lipinski definition) is 22. The van der Waals surface area contributed by atoms with Gasteiger partial charge < -0.3 is 109 Å². The molecule has 5 aliphatic rings. The number of ether oxygens (including phenoxy) is 10. The molecule has 6 rings (SSSR count). The van der Waals surface area contributed by atoms with Crippen molar-refractivity contribution in [1.29, 1.82) is 0 Å². The van der Waals surface area contributed by atoms with Gasteiger partial charge in [-0.05, 0) is 33.3 Å². The third-order valence-electron chi connectivity index (χ3n) is 11.8. The van der Waals surface area contributed by atoms with E-state index in [0.29, 0.717) is 5.56 Å². The molecule has 25 atom stereocenters. The fraction of sp³-hybridized carbons (Fsp3) is 0.821. The second kappa shape index (κ2) is 21.0. The number of aliphatic hydroxyl groups excluding tert-OH is 11. The Hall–Kier alpha value is -2.15. The molecule has 0 saturated carbocycles. The Morgan fingerprint density at radius 1 is 0.516 bits per heavy atom. The van der Waals surface area contributed by atoms with Gasteiger partial charge in [-0.2, -0.15) is 0 Å². The van der Waals surface area contributed by atoms with Gasteiger partial charge in [0.2, 0.25) is 5.91 Å². The minimum Gasteiger partial charge on any atom is -0.394 e. The SMILES string of the molecule is CC(=O)N[C@H]1[C@H](O[C@@H]2[C@@H](O)[C@H](C)O[C@@H](OCc3ccccc3)[C@@H]2O[C@@H]2O[C@@H](C)[C@H](O)[C@@H](O)[C@H]2O[C@@H]2O[C@@H](C)[C@H](O)[C@@H](O[C@@H]3O[C@@H](C)[C@H](O)[C@@H](O)[C@H]3O)[C@H]2O)O[C@H](CO)[C@@H](O)[C@@H]1O. The lowest BCUT2D eigenvalue weighted by atomic mass is 9.95. The van der Waals surface area contributed by atoms with E-state index in [9.17, 15) is 61.0 Å². The van der Waals surface area contributed by atoms with Gasteiger partial charge in [-0.25, -0.2) is 0 Å².